The molecular formula is C22H29ISi. The van der Waals surface area contributed by atoms with Crippen LogP contribution in [0.1, 0.15) is 50.5 Å². The molecule has 0 amide bonds. The number of halogens is 1. The fraction of sp³-hybridized carbons (Fsp3) is 0.455. The number of hydrogen-bond acceptors (Lipinski definition) is 0. The van der Waals surface area contributed by atoms with E-state index in [1.165, 1.54) is 55.3 Å². The summed E-state index contributed by atoms with van der Waals surface area (Å²) in [5.41, 5.74) is 3.29. The smallest absolute Gasteiger partial charge is 0.119 e. The van der Waals surface area contributed by atoms with Crippen LogP contribution in [0.15, 0.2) is 54.6 Å². The third-order valence-corrected chi connectivity index (χ3v) is 14.1. The van der Waals surface area contributed by atoms with Crippen LogP contribution in [0.4, 0.5) is 0 Å². The van der Waals surface area contributed by atoms with Crippen molar-refractivity contribution in [3.05, 3.63) is 60.2 Å². The molecule has 2 aromatic rings. The van der Waals surface area contributed by atoms with Gasteiger partial charge < -0.3 is 0 Å². The standard InChI is InChI=1S/C22H29ISi/c1-2-3-7-16-24(23)17-14-22(15-18-24)21-12-10-20(11-13-21)19-8-5-4-6-9-19/h4-6,8-13,22H,2-3,7,14-18H2,1H3/t22-,24+. The predicted octanol–water partition coefficient (Wildman–Crippen LogP) is 7.80. The van der Waals surface area contributed by atoms with Crippen LogP contribution < -0.4 is 0 Å². The van der Waals surface area contributed by atoms with Gasteiger partial charge in [0.25, 0.3) is 0 Å². The largest absolute Gasteiger partial charge is 0.125 e. The summed E-state index contributed by atoms with van der Waals surface area (Å²) in [4.78, 5) is 0. The third-order valence-electron chi connectivity index (χ3n) is 5.60. The Balaban J connectivity index is 1.59. The summed E-state index contributed by atoms with van der Waals surface area (Å²) in [6.07, 6.45) is 7.11. The maximum absolute atomic E-state index is 2.91. The van der Waals surface area contributed by atoms with E-state index in [1.54, 1.807) is 11.6 Å². The van der Waals surface area contributed by atoms with Gasteiger partial charge in [0.2, 0.25) is 0 Å². The highest BCUT2D eigenvalue weighted by molar-refractivity contribution is 14.1. The Morgan fingerprint density at radius 2 is 1.50 bits per heavy atom. The van der Waals surface area contributed by atoms with Gasteiger partial charge in [-0.1, -0.05) is 80.8 Å². The Labute approximate surface area is 161 Å². The number of hydrogen-bond donors (Lipinski definition) is 0. The van der Waals surface area contributed by atoms with E-state index in [9.17, 15) is 0 Å². The van der Waals surface area contributed by atoms with E-state index in [0.29, 0.717) is 0 Å². The lowest BCUT2D eigenvalue weighted by Gasteiger charge is -2.34. The Morgan fingerprint density at radius 3 is 2.12 bits per heavy atom. The molecule has 0 spiro atoms. The highest BCUT2D eigenvalue weighted by Gasteiger charge is 2.34. The predicted molar refractivity (Wildman–Crippen MR) is 118 cm³/mol. The summed E-state index contributed by atoms with van der Waals surface area (Å²) in [6, 6.07) is 24.7. The molecule has 0 unspecified atom stereocenters. The normalized spacial score (nSPS) is 24.0. The van der Waals surface area contributed by atoms with Crippen LogP contribution in [0.5, 0.6) is 0 Å². The van der Waals surface area contributed by atoms with Crippen LogP contribution in [0.2, 0.25) is 18.1 Å². The van der Waals surface area contributed by atoms with E-state index in [4.69, 9.17) is 0 Å². The van der Waals surface area contributed by atoms with Crippen molar-refractivity contribution in [2.24, 2.45) is 0 Å². The number of benzene rings is 2. The van der Waals surface area contributed by atoms with Gasteiger partial charge in [0.15, 0.2) is 0 Å². The van der Waals surface area contributed by atoms with Gasteiger partial charge in [0, 0.05) is 0 Å². The molecule has 1 saturated heterocycles. The fourth-order valence-corrected chi connectivity index (χ4v) is 10.4. The van der Waals surface area contributed by atoms with E-state index in [2.05, 4.69) is 83.3 Å². The fourth-order valence-electron chi connectivity index (χ4n) is 3.99. The summed E-state index contributed by atoms with van der Waals surface area (Å²) < 4.78 is 0. The van der Waals surface area contributed by atoms with Gasteiger partial charge in [-0.15, -0.1) is 21.8 Å². The number of unbranched alkanes of at least 4 members (excludes halogenated alkanes) is 2. The zero-order chi connectivity index (χ0) is 16.8. The highest BCUT2D eigenvalue weighted by atomic mass is 127. The summed E-state index contributed by atoms with van der Waals surface area (Å²) in [5, 5.41) is 0. The SMILES string of the molecule is CCCCC[Si@]1(I)CC[C@@H](c2ccc(-c3ccccc3)cc2)CC1. The molecule has 0 saturated carbocycles. The average Bonchev–Trinajstić information content (AvgIpc) is 2.63. The van der Waals surface area contributed by atoms with E-state index in [1.807, 2.05) is 0 Å². The van der Waals surface area contributed by atoms with Crippen molar-refractivity contribution in [1.82, 2.24) is 0 Å². The summed E-state index contributed by atoms with van der Waals surface area (Å²) in [7, 11) is 0. The molecule has 1 fully saturated rings. The van der Waals surface area contributed by atoms with Crippen LogP contribution in [0.3, 0.4) is 0 Å². The molecule has 0 aromatic heterocycles. The van der Waals surface area contributed by atoms with Crippen molar-refractivity contribution >= 4 is 27.4 Å². The maximum Gasteiger partial charge on any atom is 0.125 e. The first kappa shape index (κ1) is 18.2. The highest BCUT2D eigenvalue weighted by Crippen LogP contribution is 2.44. The van der Waals surface area contributed by atoms with Crippen molar-refractivity contribution in [3.63, 3.8) is 0 Å². The molecular weight excluding hydrogens is 419 g/mol. The molecule has 24 heavy (non-hydrogen) atoms. The van der Waals surface area contributed by atoms with Gasteiger partial charge in [-0.05, 0) is 53.6 Å². The monoisotopic (exact) mass is 448 g/mol. The van der Waals surface area contributed by atoms with Crippen molar-refractivity contribution in [2.75, 3.05) is 0 Å². The van der Waals surface area contributed by atoms with Crippen LogP contribution >= 0.6 is 21.8 Å². The minimum Gasteiger partial charge on any atom is -0.119 e. The maximum atomic E-state index is 2.91. The van der Waals surface area contributed by atoms with Crippen molar-refractivity contribution < 1.29 is 0 Å². The molecule has 2 heteroatoms. The van der Waals surface area contributed by atoms with Crippen molar-refractivity contribution in [2.45, 2.75) is 63.1 Å². The second-order valence-electron chi connectivity index (χ2n) is 7.37. The lowest BCUT2D eigenvalue weighted by Crippen LogP contribution is -2.30. The van der Waals surface area contributed by atoms with Crippen LogP contribution in [0, 0.1) is 0 Å². The molecule has 128 valence electrons. The zero-order valence-corrected chi connectivity index (χ0v) is 18.0. The first-order valence-electron chi connectivity index (χ1n) is 9.54. The molecule has 0 nitrogen and oxygen atoms in total. The summed E-state index contributed by atoms with van der Waals surface area (Å²) in [6.45, 7) is 2.32. The quantitative estimate of drug-likeness (QED) is 0.183. The molecule has 2 aromatic carbocycles. The molecule has 1 aliphatic heterocycles. The molecule has 1 aliphatic rings. The molecule has 0 radical (unpaired) electrons. The second kappa shape index (κ2) is 8.66. The zero-order valence-electron chi connectivity index (χ0n) is 14.8. The molecule has 0 aliphatic carbocycles. The lowest BCUT2D eigenvalue weighted by atomic mass is 9.92. The first-order valence-corrected chi connectivity index (χ1v) is 15.3. The van der Waals surface area contributed by atoms with Crippen LogP contribution in [0.25, 0.3) is 11.1 Å². The minimum atomic E-state index is -0.942. The lowest BCUT2D eigenvalue weighted by molar-refractivity contribution is 0.602. The molecule has 3 rings (SSSR count). The van der Waals surface area contributed by atoms with Gasteiger partial charge in [0.1, 0.15) is 5.57 Å². The summed E-state index contributed by atoms with van der Waals surface area (Å²) in [5.74, 6) is 0.802. The molecule has 0 atom stereocenters. The van der Waals surface area contributed by atoms with Gasteiger partial charge in [-0.25, -0.2) is 0 Å². The Kier molecular flexibility index (Phi) is 6.56. The molecule has 0 N–H and O–H groups in total. The Bertz CT molecular complexity index is 612. The van der Waals surface area contributed by atoms with Gasteiger partial charge >= 0.3 is 0 Å². The summed E-state index contributed by atoms with van der Waals surface area (Å²) >= 11 is 2.91. The van der Waals surface area contributed by atoms with Crippen molar-refractivity contribution in [1.29, 1.82) is 0 Å². The van der Waals surface area contributed by atoms with Crippen LogP contribution in [-0.4, -0.2) is 5.57 Å². The van der Waals surface area contributed by atoms with Gasteiger partial charge in [-0.3, -0.25) is 0 Å². The van der Waals surface area contributed by atoms with E-state index in [-0.39, 0.29) is 0 Å². The van der Waals surface area contributed by atoms with Crippen molar-refractivity contribution in [3.8, 4) is 11.1 Å². The van der Waals surface area contributed by atoms with E-state index < -0.39 is 5.57 Å². The first-order chi connectivity index (χ1) is 11.7. The van der Waals surface area contributed by atoms with Crippen LogP contribution in [-0.2, 0) is 0 Å². The minimum absolute atomic E-state index is 0.802. The van der Waals surface area contributed by atoms with E-state index >= 15 is 0 Å². The Morgan fingerprint density at radius 1 is 0.875 bits per heavy atom. The van der Waals surface area contributed by atoms with Gasteiger partial charge in [0.05, 0.1) is 0 Å². The second-order valence-corrected chi connectivity index (χ2v) is 18.0. The molecule has 1 heterocycles. The average molecular weight is 448 g/mol. The number of rotatable bonds is 6. The Hall–Kier alpha value is -0.613. The molecule has 0 bridgehead atoms. The third kappa shape index (κ3) is 4.72. The van der Waals surface area contributed by atoms with E-state index in [0.717, 1.165) is 5.92 Å². The van der Waals surface area contributed by atoms with Gasteiger partial charge in [-0.2, -0.15) is 0 Å². The topological polar surface area (TPSA) is 0 Å².